The number of methoxy groups -OCH3 is 1. The predicted octanol–water partition coefficient (Wildman–Crippen LogP) is 3.27. The second-order valence-electron chi connectivity index (χ2n) is 6.76. The number of amides is 3. The van der Waals surface area contributed by atoms with Gasteiger partial charge in [0.05, 0.1) is 30.2 Å². The molecule has 0 spiro atoms. The number of hydrogen-bond acceptors (Lipinski definition) is 5. The van der Waals surface area contributed by atoms with Crippen LogP contribution in [0.15, 0.2) is 47.5 Å². The summed E-state index contributed by atoms with van der Waals surface area (Å²) in [6.07, 6.45) is 0.379. The summed E-state index contributed by atoms with van der Waals surface area (Å²) in [6.45, 7) is 0.704. The highest BCUT2D eigenvalue weighted by Gasteiger charge is 2.38. The fraction of sp³-hybridized carbons (Fsp3) is 0.286. The number of carbonyl (C=O) groups excluding carboxylic acids is 2. The zero-order valence-corrected chi connectivity index (χ0v) is 17.9. The Morgan fingerprint density at radius 1 is 1.10 bits per heavy atom. The first-order valence-corrected chi connectivity index (χ1v) is 10.1. The van der Waals surface area contributed by atoms with E-state index in [2.05, 4.69) is 10.3 Å². The second kappa shape index (κ2) is 9.93. The Kier molecular flexibility index (Phi) is 7.31. The normalized spacial score (nSPS) is 17.9. The summed E-state index contributed by atoms with van der Waals surface area (Å²) in [5.74, 6) is 0.0822. The monoisotopic (exact) mass is 448 g/mol. The summed E-state index contributed by atoms with van der Waals surface area (Å²) >= 11 is 12.0. The van der Waals surface area contributed by atoms with Crippen molar-refractivity contribution in [2.45, 2.75) is 13.0 Å². The summed E-state index contributed by atoms with van der Waals surface area (Å²) in [5, 5.41) is 3.51. The molecule has 3 N–H and O–H groups in total. The van der Waals surface area contributed by atoms with Crippen molar-refractivity contribution < 1.29 is 14.3 Å². The van der Waals surface area contributed by atoms with Crippen molar-refractivity contribution in [2.75, 3.05) is 20.2 Å². The third-order valence-corrected chi connectivity index (χ3v) is 5.45. The maximum absolute atomic E-state index is 13.3. The lowest BCUT2D eigenvalue weighted by atomic mass is 9.94. The van der Waals surface area contributed by atoms with E-state index in [1.165, 1.54) is 0 Å². The lowest BCUT2D eigenvalue weighted by Crippen LogP contribution is -2.58. The molecule has 3 rings (SSSR count). The molecule has 0 aliphatic carbocycles. The van der Waals surface area contributed by atoms with Crippen molar-refractivity contribution in [1.29, 1.82) is 0 Å². The van der Waals surface area contributed by atoms with Crippen LogP contribution in [-0.2, 0) is 17.8 Å². The quantitative estimate of drug-likeness (QED) is 0.678. The van der Waals surface area contributed by atoms with Crippen molar-refractivity contribution in [2.24, 2.45) is 16.6 Å². The molecule has 3 amide bonds. The minimum Gasteiger partial charge on any atom is -0.497 e. The second-order valence-corrected chi connectivity index (χ2v) is 7.58. The largest absolute Gasteiger partial charge is 0.497 e. The van der Waals surface area contributed by atoms with E-state index >= 15 is 0 Å². The molecular formula is C21H22Cl2N4O3. The number of benzene rings is 2. The number of urea groups is 1. The number of aliphatic imine (C=N–C) groups is 1. The lowest BCUT2D eigenvalue weighted by Gasteiger charge is -2.32. The van der Waals surface area contributed by atoms with Gasteiger partial charge < -0.3 is 10.5 Å². The van der Waals surface area contributed by atoms with E-state index in [0.29, 0.717) is 41.0 Å². The Hall–Kier alpha value is -2.61. The minimum absolute atomic E-state index is 0.0742. The van der Waals surface area contributed by atoms with E-state index in [4.69, 9.17) is 33.7 Å². The first-order valence-electron chi connectivity index (χ1n) is 9.36. The van der Waals surface area contributed by atoms with Gasteiger partial charge in [-0.1, -0.05) is 41.4 Å². The van der Waals surface area contributed by atoms with E-state index < -0.39 is 11.9 Å². The number of nitrogens with zero attached hydrogens (tertiary/aromatic N) is 2. The van der Waals surface area contributed by atoms with Crippen molar-refractivity contribution in [1.82, 2.24) is 10.2 Å². The van der Waals surface area contributed by atoms with Gasteiger partial charge in [-0.3, -0.25) is 20.0 Å². The molecule has 1 unspecified atom stereocenters. The van der Waals surface area contributed by atoms with Crippen LogP contribution in [0.4, 0.5) is 4.79 Å². The summed E-state index contributed by atoms with van der Waals surface area (Å²) < 4.78 is 5.18. The lowest BCUT2D eigenvalue weighted by molar-refractivity contribution is -0.131. The average molecular weight is 449 g/mol. The van der Waals surface area contributed by atoms with E-state index in [0.717, 1.165) is 16.2 Å². The first-order chi connectivity index (χ1) is 14.4. The number of carbonyl (C=O) groups is 2. The Labute approximate surface area is 184 Å². The molecule has 0 bridgehead atoms. The molecular weight excluding hydrogens is 427 g/mol. The molecule has 1 atom stereocenters. The number of hydrogen-bond donors (Lipinski definition) is 2. The highest BCUT2D eigenvalue weighted by Crippen LogP contribution is 2.25. The van der Waals surface area contributed by atoms with Gasteiger partial charge in [0, 0.05) is 6.54 Å². The number of nitrogens with one attached hydrogen (secondary N) is 1. The van der Waals surface area contributed by atoms with Crippen LogP contribution >= 0.6 is 23.2 Å². The Bertz CT molecular complexity index is 963. The van der Waals surface area contributed by atoms with Gasteiger partial charge in [0.2, 0.25) is 5.91 Å². The van der Waals surface area contributed by atoms with Gasteiger partial charge in [-0.25, -0.2) is 4.79 Å². The highest BCUT2D eigenvalue weighted by molar-refractivity contribution is 6.42. The molecule has 1 aliphatic rings. The van der Waals surface area contributed by atoms with E-state index in [1.54, 1.807) is 25.3 Å². The first kappa shape index (κ1) is 22.1. The zero-order chi connectivity index (χ0) is 21.7. The molecule has 1 heterocycles. The molecule has 1 saturated heterocycles. The zero-order valence-electron chi connectivity index (χ0n) is 16.4. The molecule has 9 heteroatoms. The van der Waals surface area contributed by atoms with Crippen LogP contribution in [0.2, 0.25) is 10.0 Å². The molecule has 0 radical (unpaired) electrons. The van der Waals surface area contributed by atoms with Crippen molar-refractivity contribution in [3.05, 3.63) is 63.6 Å². The van der Waals surface area contributed by atoms with Gasteiger partial charge in [-0.15, -0.1) is 0 Å². The Morgan fingerprint density at radius 3 is 2.43 bits per heavy atom. The summed E-state index contributed by atoms with van der Waals surface area (Å²) in [7, 11) is 1.59. The van der Waals surface area contributed by atoms with Gasteiger partial charge in [0.25, 0.3) is 0 Å². The summed E-state index contributed by atoms with van der Waals surface area (Å²) in [4.78, 5) is 31.4. The maximum Gasteiger partial charge on any atom is 0.329 e. The molecule has 158 valence electrons. The summed E-state index contributed by atoms with van der Waals surface area (Å²) in [6, 6.07) is 11.9. The predicted molar refractivity (Wildman–Crippen MR) is 117 cm³/mol. The minimum atomic E-state index is -0.634. The van der Waals surface area contributed by atoms with Gasteiger partial charge in [0.1, 0.15) is 17.5 Å². The van der Waals surface area contributed by atoms with Crippen LogP contribution in [0, 0.1) is 5.92 Å². The molecule has 7 nitrogen and oxygen atoms in total. The topological polar surface area (TPSA) is 97.0 Å². The van der Waals surface area contributed by atoms with Crippen LogP contribution in [0.3, 0.4) is 0 Å². The van der Waals surface area contributed by atoms with Crippen LogP contribution in [0.25, 0.3) is 0 Å². The smallest absolute Gasteiger partial charge is 0.329 e. The van der Waals surface area contributed by atoms with Crippen LogP contribution < -0.4 is 15.8 Å². The molecule has 0 aromatic heterocycles. The average Bonchev–Trinajstić information content (AvgIpc) is 2.74. The van der Waals surface area contributed by atoms with Crippen molar-refractivity contribution in [3.8, 4) is 5.75 Å². The Balaban J connectivity index is 1.86. The number of ether oxygens (including phenoxy) is 1. The van der Waals surface area contributed by atoms with E-state index in [1.807, 2.05) is 24.3 Å². The molecule has 1 fully saturated rings. The summed E-state index contributed by atoms with van der Waals surface area (Å²) in [5.41, 5.74) is 7.16. The van der Waals surface area contributed by atoms with Gasteiger partial charge in [0.15, 0.2) is 0 Å². The van der Waals surface area contributed by atoms with Crippen LogP contribution in [0.5, 0.6) is 5.75 Å². The van der Waals surface area contributed by atoms with Crippen LogP contribution in [-0.4, -0.2) is 42.9 Å². The molecule has 2 aromatic carbocycles. The van der Waals surface area contributed by atoms with Gasteiger partial charge in [-0.2, -0.15) is 0 Å². The number of nitrogens with two attached hydrogens (primary N) is 1. The highest BCUT2D eigenvalue weighted by atomic mass is 35.5. The standard InChI is InChI=1S/C21H22Cl2N4O3/c1-30-15-5-2-13(3-6-15)10-16-19(25-9-8-24)26-21(29)27(20(16)28)12-14-4-7-17(22)18(23)11-14/h2-7,11,16H,8-10,12,24H2,1H3,(H,25,26,29). The third-order valence-electron chi connectivity index (χ3n) is 4.71. The van der Waals surface area contributed by atoms with Gasteiger partial charge >= 0.3 is 6.03 Å². The molecule has 0 saturated carbocycles. The van der Waals surface area contributed by atoms with Crippen molar-refractivity contribution >= 4 is 41.0 Å². The number of amidine groups is 1. The molecule has 2 aromatic rings. The maximum atomic E-state index is 13.3. The molecule has 30 heavy (non-hydrogen) atoms. The SMILES string of the molecule is COc1ccc(CC2C(=O)N(Cc3ccc(Cl)c(Cl)c3)C(=O)NC2=NCCN)cc1. The van der Waals surface area contributed by atoms with Crippen LogP contribution in [0.1, 0.15) is 11.1 Å². The Morgan fingerprint density at radius 2 is 1.80 bits per heavy atom. The van der Waals surface area contributed by atoms with E-state index in [9.17, 15) is 9.59 Å². The van der Waals surface area contributed by atoms with E-state index in [-0.39, 0.29) is 12.5 Å². The fourth-order valence-corrected chi connectivity index (χ4v) is 3.48. The fourth-order valence-electron chi connectivity index (χ4n) is 3.16. The number of imide groups is 1. The van der Waals surface area contributed by atoms with Crippen molar-refractivity contribution in [3.63, 3.8) is 0 Å². The molecule has 1 aliphatic heterocycles. The number of rotatable bonds is 7. The van der Waals surface area contributed by atoms with Gasteiger partial charge in [-0.05, 0) is 41.8 Å². The number of halogens is 2. The third kappa shape index (κ3) is 5.11.